The zero-order valence-electron chi connectivity index (χ0n) is 16.9. The lowest BCUT2D eigenvalue weighted by Crippen LogP contribution is -2.33. The summed E-state index contributed by atoms with van der Waals surface area (Å²) < 4.78 is 12.9. The van der Waals surface area contributed by atoms with Crippen LogP contribution in [0.4, 0.5) is 0 Å². The van der Waals surface area contributed by atoms with Crippen LogP contribution in [0.2, 0.25) is 0 Å². The van der Waals surface area contributed by atoms with E-state index >= 15 is 0 Å². The number of rotatable bonds is 11. The number of hydrogen-bond donors (Lipinski definition) is 1. The summed E-state index contributed by atoms with van der Waals surface area (Å²) >= 11 is 0. The van der Waals surface area contributed by atoms with Crippen LogP contribution in [0, 0.1) is 0 Å². The molecule has 0 aliphatic rings. The molecule has 0 radical (unpaired) electrons. The minimum Gasteiger partial charge on any atom is -0.496 e. The third kappa shape index (κ3) is 6.44. The largest absolute Gasteiger partial charge is 0.496 e. The van der Waals surface area contributed by atoms with Crippen molar-refractivity contribution in [2.45, 2.75) is 51.6 Å². The molecule has 2 heterocycles. The first-order chi connectivity index (χ1) is 14.1. The minimum atomic E-state index is -0.0215. The summed E-state index contributed by atoms with van der Waals surface area (Å²) in [5.74, 6) is 1.88. The predicted molar refractivity (Wildman–Crippen MR) is 107 cm³/mol. The first-order valence-corrected chi connectivity index (χ1v) is 9.84. The maximum absolute atomic E-state index is 12.1. The zero-order valence-corrected chi connectivity index (χ0v) is 16.9. The molecule has 3 aromatic rings. The van der Waals surface area contributed by atoms with Gasteiger partial charge in [0, 0.05) is 44.2 Å². The molecule has 2 aromatic heterocycles. The normalized spacial score (nSPS) is 11.9. The van der Waals surface area contributed by atoms with E-state index in [9.17, 15) is 4.79 Å². The minimum absolute atomic E-state index is 0.0215. The number of benzene rings is 1. The predicted octanol–water partition coefficient (Wildman–Crippen LogP) is 2.59. The van der Waals surface area contributed by atoms with E-state index in [1.165, 1.54) is 0 Å². The van der Waals surface area contributed by atoms with Crippen molar-refractivity contribution in [3.05, 3.63) is 60.1 Å². The third-order valence-corrected chi connectivity index (χ3v) is 4.63. The van der Waals surface area contributed by atoms with Gasteiger partial charge < -0.3 is 14.5 Å². The highest BCUT2D eigenvalue weighted by Gasteiger charge is 2.12. The molecule has 1 unspecified atom stereocenters. The van der Waals surface area contributed by atoms with Crippen LogP contribution in [0.3, 0.4) is 0 Å². The second-order valence-corrected chi connectivity index (χ2v) is 6.93. The van der Waals surface area contributed by atoms with Crippen LogP contribution in [-0.2, 0) is 30.6 Å². The Labute approximate surface area is 170 Å². The molecule has 154 valence electrons. The Kier molecular flexibility index (Phi) is 7.38. The highest BCUT2D eigenvalue weighted by molar-refractivity contribution is 5.76. The number of amides is 1. The van der Waals surface area contributed by atoms with Gasteiger partial charge in [0.1, 0.15) is 5.75 Å². The molecule has 3 rings (SSSR count). The zero-order chi connectivity index (χ0) is 20.5. The molecule has 0 fully saturated rings. The molecule has 1 N–H and O–H groups in total. The number of carbonyl (C=O) groups is 1. The number of ether oxygens (including phenoxy) is 1. The fourth-order valence-electron chi connectivity index (χ4n) is 3.04. The van der Waals surface area contributed by atoms with E-state index in [2.05, 4.69) is 20.6 Å². The summed E-state index contributed by atoms with van der Waals surface area (Å²) in [6.45, 7) is 2.76. The van der Waals surface area contributed by atoms with E-state index in [-0.39, 0.29) is 11.9 Å². The summed E-state index contributed by atoms with van der Waals surface area (Å²) in [5.41, 5.74) is 1.10. The maximum atomic E-state index is 12.1. The van der Waals surface area contributed by atoms with Gasteiger partial charge in [-0.25, -0.2) is 0 Å². The van der Waals surface area contributed by atoms with Gasteiger partial charge in [-0.3, -0.25) is 9.48 Å². The number of hydrogen-bond acceptors (Lipinski definition) is 6. The average Bonchev–Trinajstić information content (AvgIpc) is 3.41. The van der Waals surface area contributed by atoms with Gasteiger partial charge in [-0.05, 0) is 37.5 Å². The molecule has 0 spiro atoms. The summed E-state index contributed by atoms with van der Waals surface area (Å²) in [6, 6.07) is 9.84. The van der Waals surface area contributed by atoms with Gasteiger partial charge in [0.05, 0.1) is 7.11 Å². The second-order valence-electron chi connectivity index (χ2n) is 6.93. The van der Waals surface area contributed by atoms with Gasteiger partial charge in [0.15, 0.2) is 0 Å². The first-order valence-electron chi connectivity index (χ1n) is 9.84. The number of nitrogens with one attached hydrogen (secondary N) is 1. The summed E-state index contributed by atoms with van der Waals surface area (Å²) in [5, 5.41) is 15.3. The van der Waals surface area contributed by atoms with E-state index in [0.717, 1.165) is 30.7 Å². The number of methoxy groups -OCH3 is 1. The lowest BCUT2D eigenvalue weighted by molar-refractivity contribution is -0.121. The molecule has 1 atom stereocenters. The van der Waals surface area contributed by atoms with Gasteiger partial charge in [-0.15, -0.1) is 10.2 Å². The maximum Gasteiger partial charge on any atom is 0.220 e. The Hall–Kier alpha value is -3.16. The van der Waals surface area contributed by atoms with Crippen molar-refractivity contribution in [3.63, 3.8) is 0 Å². The van der Waals surface area contributed by atoms with Crippen molar-refractivity contribution in [2.75, 3.05) is 7.11 Å². The van der Waals surface area contributed by atoms with Crippen LogP contribution in [0.1, 0.15) is 37.1 Å². The Morgan fingerprint density at radius 1 is 1.17 bits per heavy atom. The fourth-order valence-corrected chi connectivity index (χ4v) is 3.04. The topological polar surface area (TPSA) is 95.1 Å². The van der Waals surface area contributed by atoms with Crippen molar-refractivity contribution in [3.8, 4) is 5.75 Å². The molecule has 0 bridgehead atoms. The van der Waals surface area contributed by atoms with Crippen LogP contribution >= 0.6 is 0 Å². The van der Waals surface area contributed by atoms with Crippen LogP contribution in [0.5, 0.6) is 5.75 Å². The lowest BCUT2D eigenvalue weighted by atomic mass is 10.1. The molecule has 0 aliphatic carbocycles. The Morgan fingerprint density at radius 2 is 1.97 bits per heavy atom. The smallest absolute Gasteiger partial charge is 0.220 e. The number of aryl methyl sites for hydroxylation is 4. The van der Waals surface area contributed by atoms with Crippen LogP contribution in [0.15, 0.2) is 47.1 Å². The molecule has 29 heavy (non-hydrogen) atoms. The summed E-state index contributed by atoms with van der Waals surface area (Å²) in [4.78, 5) is 12.1. The van der Waals surface area contributed by atoms with Crippen LogP contribution in [0.25, 0.3) is 0 Å². The number of nitrogens with zero attached hydrogens (tertiary/aromatic N) is 4. The second kappa shape index (κ2) is 10.4. The third-order valence-electron chi connectivity index (χ3n) is 4.63. The number of para-hydroxylation sites is 1. The molecular formula is C21H27N5O3. The Bertz CT molecular complexity index is 891. The van der Waals surface area contributed by atoms with E-state index < -0.39 is 0 Å². The van der Waals surface area contributed by atoms with Gasteiger partial charge >= 0.3 is 0 Å². The quantitative estimate of drug-likeness (QED) is 0.534. The molecule has 0 aliphatic heterocycles. The van der Waals surface area contributed by atoms with Crippen LogP contribution in [-0.4, -0.2) is 39.0 Å². The first kappa shape index (κ1) is 20.6. The Balaban J connectivity index is 1.38. The van der Waals surface area contributed by atoms with E-state index in [1.807, 2.05) is 48.1 Å². The molecule has 8 nitrogen and oxygen atoms in total. The van der Waals surface area contributed by atoms with Crippen molar-refractivity contribution in [1.29, 1.82) is 0 Å². The number of aromatic nitrogens is 4. The van der Waals surface area contributed by atoms with Gasteiger partial charge in [-0.1, -0.05) is 18.2 Å². The molecule has 8 heteroatoms. The van der Waals surface area contributed by atoms with Gasteiger partial charge in [0.2, 0.25) is 17.7 Å². The molecule has 1 aromatic carbocycles. The van der Waals surface area contributed by atoms with E-state index in [0.29, 0.717) is 31.0 Å². The van der Waals surface area contributed by atoms with Crippen molar-refractivity contribution in [1.82, 2.24) is 25.3 Å². The fraction of sp³-hybridized carbons (Fsp3) is 0.429. The molecule has 0 saturated carbocycles. The molecule has 1 amide bonds. The molecular weight excluding hydrogens is 370 g/mol. The monoisotopic (exact) mass is 397 g/mol. The number of carbonyl (C=O) groups excluding carboxylic acids is 1. The summed E-state index contributed by atoms with van der Waals surface area (Å²) in [7, 11) is 1.66. The highest BCUT2D eigenvalue weighted by Crippen LogP contribution is 2.19. The van der Waals surface area contributed by atoms with Gasteiger partial charge in [-0.2, -0.15) is 5.10 Å². The molecule has 0 saturated heterocycles. The van der Waals surface area contributed by atoms with Crippen molar-refractivity contribution < 1.29 is 13.9 Å². The van der Waals surface area contributed by atoms with E-state index in [4.69, 9.17) is 9.15 Å². The standard InChI is InChI=1S/C21H27N5O3/c1-16(12-15-26-14-5-13-22-26)23-19(27)9-11-21-25-24-20(29-21)10-8-17-6-3-4-7-18(17)28-2/h3-7,13-14,16H,8-12,15H2,1-2H3,(H,23,27). The summed E-state index contributed by atoms with van der Waals surface area (Å²) in [6.07, 6.45) is 6.61. The lowest BCUT2D eigenvalue weighted by Gasteiger charge is -2.13. The van der Waals surface area contributed by atoms with Gasteiger partial charge in [0.25, 0.3) is 0 Å². The van der Waals surface area contributed by atoms with Crippen LogP contribution < -0.4 is 10.1 Å². The van der Waals surface area contributed by atoms with E-state index in [1.54, 1.807) is 13.3 Å². The Morgan fingerprint density at radius 3 is 2.72 bits per heavy atom. The highest BCUT2D eigenvalue weighted by atomic mass is 16.5. The van der Waals surface area contributed by atoms with Crippen molar-refractivity contribution >= 4 is 5.91 Å². The average molecular weight is 397 g/mol. The van der Waals surface area contributed by atoms with Crippen molar-refractivity contribution in [2.24, 2.45) is 0 Å². The SMILES string of the molecule is COc1ccccc1CCc1nnc(CCC(=O)NC(C)CCn2cccn2)o1.